The normalized spacial score (nSPS) is 21.0. The van der Waals surface area contributed by atoms with Crippen LogP contribution in [-0.2, 0) is 0 Å². The van der Waals surface area contributed by atoms with Crippen LogP contribution in [0.15, 0.2) is 40.4 Å². The number of carbonyl (C=O) groups excluding carboxylic acids is 1. The number of carbonyl (C=O) groups is 1. The van der Waals surface area contributed by atoms with Gasteiger partial charge in [0.2, 0.25) is 0 Å². The molecule has 0 unspecified atom stereocenters. The number of halogens is 1. The van der Waals surface area contributed by atoms with Crippen molar-refractivity contribution in [3.05, 3.63) is 46.5 Å². The minimum absolute atomic E-state index is 0.221. The minimum atomic E-state index is -1.01. The fourth-order valence-corrected chi connectivity index (χ4v) is 4.63. The summed E-state index contributed by atoms with van der Waals surface area (Å²) in [6.45, 7) is 4.05. The maximum atomic E-state index is 13.2. The van der Waals surface area contributed by atoms with Gasteiger partial charge in [0.05, 0.1) is 17.8 Å². The fourth-order valence-electron chi connectivity index (χ4n) is 3.49. The van der Waals surface area contributed by atoms with Gasteiger partial charge in [0.1, 0.15) is 29.1 Å². The predicted molar refractivity (Wildman–Crippen MR) is 127 cm³/mol. The molecule has 0 bridgehead atoms. The van der Waals surface area contributed by atoms with E-state index in [2.05, 4.69) is 31.0 Å². The Morgan fingerprint density at radius 3 is 2.82 bits per heavy atom. The standard InChI is InChI=1S/C21H23FN8O2S/c1-21(2)10-33-20(28-21)29-6-4-5-13(19(29)32)25-15-8-16(23-3)30-17(27-15)11(9-24-30)18(31)26-14-7-12(14)22/h4-6,8-9,12,14,23H,7,10H2,1-3H3,(H,25,27)(H,26,31)/t12-,14+/m0/s1. The van der Waals surface area contributed by atoms with E-state index in [1.165, 1.54) is 27.0 Å². The summed E-state index contributed by atoms with van der Waals surface area (Å²) in [7, 11) is 1.71. The van der Waals surface area contributed by atoms with E-state index in [0.29, 0.717) is 28.9 Å². The zero-order valence-corrected chi connectivity index (χ0v) is 19.1. The third-order valence-corrected chi connectivity index (χ3v) is 6.77. The van der Waals surface area contributed by atoms with Crippen LogP contribution in [0.5, 0.6) is 0 Å². The summed E-state index contributed by atoms with van der Waals surface area (Å²) in [6.07, 6.45) is 2.38. The van der Waals surface area contributed by atoms with E-state index in [4.69, 9.17) is 0 Å². The molecule has 12 heteroatoms. The molecule has 3 aromatic rings. The first kappa shape index (κ1) is 21.4. The van der Waals surface area contributed by atoms with Crippen molar-refractivity contribution in [2.75, 3.05) is 23.4 Å². The molecule has 33 heavy (non-hydrogen) atoms. The summed E-state index contributed by atoms with van der Waals surface area (Å²) in [5.41, 5.74) is 0.334. The van der Waals surface area contributed by atoms with E-state index in [9.17, 15) is 14.0 Å². The summed E-state index contributed by atoms with van der Waals surface area (Å²) in [5.74, 6) is 1.27. The molecule has 4 heterocycles. The van der Waals surface area contributed by atoms with Crippen molar-refractivity contribution in [3.8, 4) is 0 Å². The summed E-state index contributed by atoms with van der Waals surface area (Å²) in [6, 6.07) is 4.63. The average Bonchev–Trinajstić information content (AvgIpc) is 3.14. The quantitative estimate of drug-likeness (QED) is 0.523. The monoisotopic (exact) mass is 470 g/mol. The lowest BCUT2D eigenvalue weighted by Gasteiger charge is -2.12. The topological polar surface area (TPSA) is 118 Å². The molecule has 0 saturated heterocycles. The van der Waals surface area contributed by atoms with Gasteiger partial charge in [-0.25, -0.2) is 9.37 Å². The number of aliphatic imine (C=N–C) groups is 1. The van der Waals surface area contributed by atoms with Gasteiger partial charge in [-0.05, 0) is 26.0 Å². The molecule has 3 N–H and O–H groups in total. The van der Waals surface area contributed by atoms with E-state index in [-0.39, 0.29) is 22.3 Å². The van der Waals surface area contributed by atoms with Crippen LogP contribution in [-0.4, -0.2) is 60.8 Å². The molecule has 2 aliphatic rings. The lowest BCUT2D eigenvalue weighted by atomic mass is 10.1. The number of hydrogen-bond donors (Lipinski definition) is 3. The molecule has 5 rings (SSSR count). The second kappa shape index (κ2) is 7.87. The highest BCUT2D eigenvalue weighted by Gasteiger charge is 2.39. The first-order valence-electron chi connectivity index (χ1n) is 10.5. The Morgan fingerprint density at radius 1 is 1.36 bits per heavy atom. The molecule has 10 nitrogen and oxygen atoms in total. The Labute approximate surface area is 192 Å². The second-order valence-corrected chi connectivity index (χ2v) is 9.56. The lowest BCUT2D eigenvalue weighted by Crippen LogP contribution is -2.27. The maximum absolute atomic E-state index is 13.2. The van der Waals surface area contributed by atoms with Crippen molar-refractivity contribution in [1.82, 2.24) is 24.5 Å². The van der Waals surface area contributed by atoms with Gasteiger partial charge >= 0.3 is 0 Å². The SMILES string of the molecule is CNc1cc(Nc2cccn(C3=NC(C)(C)CS3)c2=O)nc2c(C(=O)N[C@@H]3C[C@@H]3F)cnn12. The van der Waals surface area contributed by atoms with E-state index < -0.39 is 18.1 Å². The van der Waals surface area contributed by atoms with Crippen LogP contribution < -0.4 is 21.5 Å². The molecule has 0 aromatic carbocycles. The summed E-state index contributed by atoms with van der Waals surface area (Å²) in [4.78, 5) is 34.9. The van der Waals surface area contributed by atoms with Crippen LogP contribution in [0.25, 0.3) is 5.65 Å². The van der Waals surface area contributed by atoms with Crippen LogP contribution in [0.4, 0.5) is 21.7 Å². The van der Waals surface area contributed by atoms with Crippen molar-refractivity contribution < 1.29 is 9.18 Å². The molecular formula is C21H23FN8O2S. The minimum Gasteiger partial charge on any atom is -0.373 e. The Bertz CT molecular complexity index is 1350. The molecule has 2 atom stereocenters. The number of fused-ring (bicyclic) bond motifs is 1. The fraction of sp³-hybridized carbons (Fsp3) is 0.381. The number of aromatic nitrogens is 4. The van der Waals surface area contributed by atoms with E-state index in [1.807, 2.05) is 13.8 Å². The highest BCUT2D eigenvalue weighted by atomic mass is 32.2. The zero-order chi connectivity index (χ0) is 23.3. The molecular weight excluding hydrogens is 447 g/mol. The van der Waals surface area contributed by atoms with E-state index in [1.54, 1.807) is 31.4 Å². The molecule has 0 spiro atoms. The van der Waals surface area contributed by atoms with Gasteiger partial charge in [-0.1, -0.05) is 11.8 Å². The van der Waals surface area contributed by atoms with Crippen LogP contribution in [0.1, 0.15) is 30.6 Å². The number of hydrogen-bond acceptors (Lipinski definition) is 8. The van der Waals surface area contributed by atoms with Crippen LogP contribution >= 0.6 is 11.8 Å². The summed E-state index contributed by atoms with van der Waals surface area (Å²) < 4.78 is 16.2. The Kier molecular flexibility index (Phi) is 5.11. The van der Waals surface area contributed by atoms with Gasteiger partial charge < -0.3 is 16.0 Å². The molecule has 1 saturated carbocycles. The van der Waals surface area contributed by atoms with Gasteiger partial charge in [0.25, 0.3) is 11.5 Å². The summed E-state index contributed by atoms with van der Waals surface area (Å²) in [5, 5.41) is 13.6. The molecule has 1 fully saturated rings. The Balaban J connectivity index is 1.49. The van der Waals surface area contributed by atoms with Crippen molar-refractivity contribution in [1.29, 1.82) is 0 Å². The highest BCUT2D eigenvalue weighted by molar-refractivity contribution is 8.14. The Morgan fingerprint density at radius 2 is 2.15 bits per heavy atom. The molecule has 1 aliphatic heterocycles. The van der Waals surface area contributed by atoms with Crippen LogP contribution in [0.3, 0.4) is 0 Å². The van der Waals surface area contributed by atoms with Crippen LogP contribution in [0, 0.1) is 0 Å². The van der Waals surface area contributed by atoms with Gasteiger partial charge in [0, 0.05) is 31.5 Å². The second-order valence-electron chi connectivity index (χ2n) is 8.62. The maximum Gasteiger partial charge on any atom is 0.280 e. The van der Waals surface area contributed by atoms with Gasteiger partial charge in [-0.3, -0.25) is 19.1 Å². The lowest BCUT2D eigenvalue weighted by molar-refractivity contribution is 0.0949. The van der Waals surface area contributed by atoms with E-state index in [0.717, 1.165) is 5.75 Å². The smallest absolute Gasteiger partial charge is 0.280 e. The van der Waals surface area contributed by atoms with Crippen LogP contribution in [0.2, 0.25) is 0 Å². The molecule has 1 aliphatic carbocycles. The number of anilines is 3. The molecule has 1 amide bonds. The number of thioether (sulfide) groups is 1. The zero-order valence-electron chi connectivity index (χ0n) is 18.3. The average molecular weight is 471 g/mol. The number of nitrogens with zero attached hydrogens (tertiary/aromatic N) is 5. The third kappa shape index (κ3) is 4.06. The van der Waals surface area contributed by atoms with Gasteiger partial charge in [-0.2, -0.15) is 9.61 Å². The number of rotatable bonds is 5. The molecule has 172 valence electrons. The third-order valence-electron chi connectivity index (χ3n) is 5.37. The largest absolute Gasteiger partial charge is 0.373 e. The van der Waals surface area contributed by atoms with E-state index >= 15 is 0 Å². The highest BCUT2D eigenvalue weighted by Crippen LogP contribution is 2.28. The van der Waals surface area contributed by atoms with Gasteiger partial charge in [-0.15, -0.1) is 0 Å². The number of pyridine rings is 1. The number of nitrogens with one attached hydrogen (secondary N) is 3. The van der Waals surface area contributed by atoms with Gasteiger partial charge in [0.15, 0.2) is 10.8 Å². The van der Waals surface area contributed by atoms with Crippen molar-refractivity contribution in [3.63, 3.8) is 0 Å². The first-order valence-corrected chi connectivity index (χ1v) is 11.5. The van der Waals surface area contributed by atoms with Crippen molar-refractivity contribution >= 4 is 45.8 Å². The number of amides is 1. The predicted octanol–water partition coefficient (Wildman–Crippen LogP) is 2.25. The molecule has 0 radical (unpaired) electrons. The Hall–Kier alpha value is -3.41. The summed E-state index contributed by atoms with van der Waals surface area (Å²) >= 11 is 1.53. The first-order chi connectivity index (χ1) is 15.8. The van der Waals surface area contributed by atoms with Crippen molar-refractivity contribution in [2.24, 2.45) is 4.99 Å². The number of alkyl halides is 1. The van der Waals surface area contributed by atoms with Crippen molar-refractivity contribution in [2.45, 2.75) is 38.0 Å². The molecule has 3 aromatic heterocycles.